The lowest BCUT2D eigenvalue weighted by Crippen LogP contribution is -2.26. The Hall–Kier alpha value is -1.32. The molecule has 0 aromatic carbocycles. The molecule has 7 nitrogen and oxygen atoms in total. The number of thiophene rings is 1. The Morgan fingerprint density at radius 2 is 2.05 bits per heavy atom. The Labute approximate surface area is 121 Å². The topological polar surface area (TPSA) is 116 Å². The SMILES string of the molecule is CS(=O)(=O)c1c(N2CCCOCC2)sc(C(N)=O)c1N. The summed E-state index contributed by atoms with van der Waals surface area (Å²) in [6.07, 6.45) is 1.86. The third kappa shape index (κ3) is 2.89. The number of nitrogens with zero attached hydrogens (tertiary/aromatic N) is 1. The van der Waals surface area contributed by atoms with Crippen LogP contribution in [0.15, 0.2) is 4.90 Å². The molecule has 0 atom stereocenters. The van der Waals surface area contributed by atoms with Crippen molar-refractivity contribution >= 4 is 37.8 Å². The van der Waals surface area contributed by atoms with Crippen LogP contribution < -0.4 is 16.4 Å². The number of anilines is 2. The average molecular weight is 319 g/mol. The van der Waals surface area contributed by atoms with E-state index in [2.05, 4.69) is 0 Å². The van der Waals surface area contributed by atoms with Gasteiger partial charge in [0.1, 0.15) is 14.8 Å². The molecule has 0 bridgehead atoms. The molecule has 1 aromatic heterocycles. The highest BCUT2D eigenvalue weighted by Gasteiger charge is 2.29. The van der Waals surface area contributed by atoms with Crippen LogP contribution in [0, 0.1) is 0 Å². The van der Waals surface area contributed by atoms with Crippen LogP contribution in [0.4, 0.5) is 10.7 Å². The summed E-state index contributed by atoms with van der Waals surface area (Å²) < 4.78 is 29.3. The van der Waals surface area contributed by atoms with Crippen molar-refractivity contribution < 1.29 is 17.9 Å². The van der Waals surface area contributed by atoms with E-state index in [0.29, 0.717) is 31.3 Å². The molecule has 2 rings (SSSR count). The molecule has 20 heavy (non-hydrogen) atoms. The fourth-order valence-corrected chi connectivity index (χ4v) is 4.73. The van der Waals surface area contributed by atoms with Crippen LogP contribution in [-0.4, -0.2) is 46.9 Å². The Morgan fingerprint density at radius 1 is 1.35 bits per heavy atom. The van der Waals surface area contributed by atoms with Gasteiger partial charge in [0.05, 0.1) is 12.3 Å². The normalized spacial score (nSPS) is 16.9. The molecule has 0 spiro atoms. The summed E-state index contributed by atoms with van der Waals surface area (Å²) in [7, 11) is -3.54. The van der Waals surface area contributed by atoms with E-state index < -0.39 is 15.7 Å². The zero-order valence-corrected chi connectivity index (χ0v) is 12.7. The van der Waals surface area contributed by atoms with Gasteiger partial charge in [-0.3, -0.25) is 4.79 Å². The van der Waals surface area contributed by atoms with Crippen LogP contribution in [0.1, 0.15) is 16.1 Å². The van der Waals surface area contributed by atoms with Gasteiger partial charge in [-0.05, 0) is 6.42 Å². The number of rotatable bonds is 3. The summed E-state index contributed by atoms with van der Waals surface area (Å²) in [4.78, 5) is 13.4. The average Bonchev–Trinajstić information content (AvgIpc) is 2.53. The second-order valence-corrected chi connectivity index (χ2v) is 7.52. The van der Waals surface area contributed by atoms with Crippen LogP contribution >= 0.6 is 11.3 Å². The molecule has 1 saturated heterocycles. The fourth-order valence-electron chi connectivity index (χ4n) is 2.12. The van der Waals surface area contributed by atoms with Crippen LogP contribution in [0.2, 0.25) is 0 Å². The Balaban J connectivity index is 2.56. The van der Waals surface area contributed by atoms with Crippen molar-refractivity contribution in [3.63, 3.8) is 0 Å². The van der Waals surface area contributed by atoms with Gasteiger partial charge in [-0.15, -0.1) is 11.3 Å². The minimum atomic E-state index is -3.54. The maximum Gasteiger partial charge on any atom is 0.261 e. The van der Waals surface area contributed by atoms with Gasteiger partial charge in [-0.1, -0.05) is 0 Å². The molecule has 1 aromatic rings. The number of sulfone groups is 1. The molecule has 0 unspecified atom stereocenters. The summed E-state index contributed by atoms with van der Waals surface area (Å²) in [5.41, 5.74) is 11.0. The van der Waals surface area contributed by atoms with E-state index in [1.165, 1.54) is 0 Å². The lowest BCUT2D eigenvalue weighted by molar-refractivity contribution is 0.100. The van der Waals surface area contributed by atoms with E-state index in [1.807, 2.05) is 4.90 Å². The smallest absolute Gasteiger partial charge is 0.261 e. The van der Waals surface area contributed by atoms with Crippen molar-refractivity contribution in [2.75, 3.05) is 43.2 Å². The number of nitrogen functional groups attached to an aromatic ring is 1. The van der Waals surface area contributed by atoms with Crippen molar-refractivity contribution in [2.24, 2.45) is 5.73 Å². The van der Waals surface area contributed by atoms with Gasteiger partial charge in [-0.2, -0.15) is 0 Å². The second kappa shape index (κ2) is 5.58. The third-order valence-electron chi connectivity index (χ3n) is 2.99. The van der Waals surface area contributed by atoms with Gasteiger partial charge in [0.2, 0.25) is 0 Å². The van der Waals surface area contributed by atoms with E-state index in [0.717, 1.165) is 24.0 Å². The first-order chi connectivity index (χ1) is 9.32. The van der Waals surface area contributed by atoms with Crippen LogP contribution in [0.5, 0.6) is 0 Å². The first kappa shape index (κ1) is 15.1. The summed E-state index contributed by atoms with van der Waals surface area (Å²) in [6.45, 7) is 2.35. The number of primary amides is 1. The molecule has 9 heteroatoms. The van der Waals surface area contributed by atoms with E-state index in [9.17, 15) is 13.2 Å². The van der Waals surface area contributed by atoms with Gasteiger partial charge in [0, 0.05) is 26.0 Å². The second-order valence-electron chi connectivity index (χ2n) is 4.57. The zero-order valence-electron chi connectivity index (χ0n) is 11.1. The quantitative estimate of drug-likeness (QED) is 0.814. The Bertz CT molecular complexity index is 616. The first-order valence-electron chi connectivity index (χ1n) is 6.07. The van der Waals surface area contributed by atoms with Crippen LogP contribution in [0.3, 0.4) is 0 Å². The zero-order chi connectivity index (χ0) is 14.9. The number of hydrogen-bond donors (Lipinski definition) is 2. The highest BCUT2D eigenvalue weighted by atomic mass is 32.2. The largest absolute Gasteiger partial charge is 0.396 e. The van der Waals surface area contributed by atoms with E-state index in [-0.39, 0.29) is 15.5 Å². The Kier molecular flexibility index (Phi) is 4.21. The van der Waals surface area contributed by atoms with E-state index in [4.69, 9.17) is 16.2 Å². The molecule has 1 amide bonds. The van der Waals surface area contributed by atoms with Crippen molar-refractivity contribution in [3.05, 3.63) is 4.88 Å². The number of nitrogens with two attached hydrogens (primary N) is 2. The first-order valence-corrected chi connectivity index (χ1v) is 8.78. The van der Waals surface area contributed by atoms with Crippen molar-refractivity contribution in [2.45, 2.75) is 11.3 Å². The molecule has 1 aliphatic rings. The summed E-state index contributed by atoms with van der Waals surface area (Å²) in [6, 6.07) is 0. The minimum Gasteiger partial charge on any atom is -0.396 e. The number of carbonyl (C=O) groups is 1. The molecule has 4 N–H and O–H groups in total. The lowest BCUT2D eigenvalue weighted by Gasteiger charge is -2.21. The number of amides is 1. The van der Waals surface area contributed by atoms with E-state index >= 15 is 0 Å². The molecule has 0 saturated carbocycles. The number of hydrogen-bond acceptors (Lipinski definition) is 7. The number of ether oxygens (including phenoxy) is 1. The summed E-state index contributed by atoms with van der Waals surface area (Å²) >= 11 is 1.03. The molecule has 1 fully saturated rings. The lowest BCUT2D eigenvalue weighted by atomic mass is 10.3. The molecular formula is C11H17N3O4S2. The minimum absolute atomic E-state index is 0.00167. The highest BCUT2D eigenvalue weighted by molar-refractivity contribution is 7.91. The molecule has 0 radical (unpaired) electrons. The van der Waals surface area contributed by atoms with Crippen molar-refractivity contribution in [1.29, 1.82) is 0 Å². The predicted octanol–water partition coefficient (Wildman–Crippen LogP) is 0.0594. The van der Waals surface area contributed by atoms with Crippen LogP contribution in [0.25, 0.3) is 0 Å². The Morgan fingerprint density at radius 3 is 2.65 bits per heavy atom. The van der Waals surface area contributed by atoms with Crippen molar-refractivity contribution in [1.82, 2.24) is 0 Å². The fraction of sp³-hybridized carbons (Fsp3) is 0.545. The molecule has 1 aliphatic heterocycles. The van der Waals surface area contributed by atoms with Gasteiger partial charge in [0.25, 0.3) is 5.91 Å². The molecule has 112 valence electrons. The van der Waals surface area contributed by atoms with E-state index in [1.54, 1.807) is 0 Å². The summed E-state index contributed by atoms with van der Waals surface area (Å²) in [5.74, 6) is -0.713. The van der Waals surface area contributed by atoms with Crippen molar-refractivity contribution in [3.8, 4) is 0 Å². The van der Waals surface area contributed by atoms with Crippen LogP contribution in [-0.2, 0) is 14.6 Å². The van der Waals surface area contributed by atoms with Gasteiger partial charge >= 0.3 is 0 Å². The summed E-state index contributed by atoms with van der Waals surface area (Å²) in [5, 5.41) is 0.476. The standard InChI is InChI=1S/C11H17N3O4S2/c1-20(16,17)9-7(12)8(10(13)15)19-11(9)14-3-2-5-18-6-4-14/h2-6,12H2,1H3,(H2,13,15). The molecule has 2 heterocycles. The maximum atomic E-state index is 12.0. The predicted molar refractivity (Wildman–Crippen MR) is 78.0 cm³/mol. The monoisotopic (exact) mass is 319 g/mol. The highest BCUT2D eigenvalue weighted by Crippen LogP contribution is 2.41. The number of carbonyl (C=O) groups excluding carboxylic acids is 1. The van der Waals surface area contributed by atoms with Gasteiger partial charge in [0.15, 0.2) is 9.84 Å². The third-order valence-corrected chi connectivity index (χ3v) is 5.55. The van der Waals surface area contributed by atoms with Gasteiger partial charge < -0.3 is 21.1 Å². The molecule has 0 aliphatic carbocycles. The maximum absolute atomic E-state index is 12.0. The molecular weight excluding hydrogens is 302 g/mol. The van der Waals surface area contributed by atoms with Gasteiger partial charge in [-0.25, -0.2) is 8.42 Å².